The van der Waals surface area contributed by atoms with Gasteiger partial charge in [0.05, 0.1) is 12.9 Å². The van der Waals surface area contributed by atoms with Gasteiger partial charge < -0.3 is 13.9 Å². The number of hydrazine groups is 1. The molecule has 5 heteroatoms. The van der Waals surface area contributed by atoms with Crippen LogP contribution in [0.3, 0.4) is 0 Å². The summed E-state index contributed by atoms with van der Waals surface area (Å²) in [6.07, 6.45) is 1.62. The highest BCUT2D eigenvalue weighted by Crippen LogP contribution is 2.29. The summed E-state index contributed by atoms with van der Waals surface area (Å²) in [5.74, 6) is 7.13. The average Bonchev–Trinajstić information content (AvgIpc) is 2.96. The zero-order chi connectivity index (χ0) is 13.5. The molecule has 0 bridgehead atoms. The Labute approximate surface area is 112 Å². The fraction of sp³-hybridized carbons (Fsp3) is 0.286. The number of methoxy groups -OCH3 is 1. The number of furan rings is 1. The Bertz CT molecular complexity index is 485. The van der Waals surface area contributed by atoms with E-state index in [9.17, 15) is 0 Å². The molecular formula is C14H18N2O3. The van der Waals surface area contributed by atoms with E-state index in [1.807, 2.05) is 36.4 Å². The lowest BCUT2D eigenvalue weighted by molar-refractivity contribution is 0.145. The van der Waals surface area contributed by atoms with Crippen LogP contribution in [0.15, 0.2) is 47.1 Å². The van der Waals surface area contributed by atoms with Crippen LogP contribution >= 0.6 is 0 Å². The highest BCUT2D eigenvalue weighted by atomic mass is 16.5. The first-order valence-electron chi connectivity index (χ1n) is 6.07. The van der Waals surface area contributed by atoms with Gasteiger partial charge in [0.1, 0.15) is 24.2 Å². The molecule has 0 aliphatic heterocycles. The summed E-state index contributed by atoms with van der Waals surface area (Å²) in [6, 6.07) is 11.2. The fourth-order valence-corrected chi connectivity index (χ4v) is 1.87. The molecule has 5 nitrogen and oxygen atoms in total. The lowest BCUT2D eigenvalue weighted by Crippen LogP contribution is -2.29. The molecule has 2 aromatic rings. The quantitative estimate of drug-likeness (QED) is 0.453. The molecule has 0 radical (unpaired) electrons. The first kappa shape index (κ1) is 13.6. The van der Waals surface area contributed by atoms with Crippen LogP contribution in [0.2, 0.25) is 0 Å². The smallest absolute Gasteiger partial charge is 0.126 e. The van der Waals surface area contributed by atoms with Crippen LogP contribution in [-0.4, -0.2) is 20.3 Å². The molecule has 1 unspecified atom stereocenters. The Morgan fingerprint density at radius 3 is 2.74 bits per heavy atom. The van der Waals surface area contributed by atoms with Gasteiger partial charge in [0.25, 0.3) is 0 Å². The second-order valence-electron chi connectivity index (χ2n) is 3.99. The number of rotatable bonds is 7. The van der Waals surface area contributed by atoms with Crippen molar-refractivity contribution in [1.82, 2.24) is 5.43 Å². The zero-order valence-corrected chi connectivity index (χ0v) is 10.8. The van der Waals surface area contributed by atoms with Gasteiger partial charge in [-0.15, -0.1) is 0 Å². The van der Waals surface area contributed by atoms with Gasteiger partial charge in [-0.25, -0.2) is 5.43 Å². The molecule has 0 saturated carbocycles. The van der Waals surface area contributed by atoms with Crippen molar-refractivity contribution in [3.63, 3.8) is 0 Å². The van der Waals surface area contributed by atoms with Crippen molar-refractivity contribution in [2.75, 3.05) is 20.3 Å². The van der Waals surface area contributed by atoms with Gasteiger partial charge >= 0.3 is 0 Å². The summed E-state index contributed by atoms with van der Waals surface area (Å²) in [5, 5.41) is 0. The van der Waals surface area contributed by atoms with Gasteiger partial charge in [0.15, 0.2) is 0 Å². The minimum Gasteiger partial charge on any atom is -0.491 e. The normalized spacial score (nSPS) is 12.3. The predicted octanol–water partition coefficient (Wildman–Crippen LogP) is 1.86. The largest absolute Gasteiger partial charge is 0.491 e. The van der Waals surface area contributed by atoms with Crippen LogP contribution in [0.1, 0.15) is 17.4 Å². The third-order valence-electron chi connectivity index (χ3n) is 2.77. The number of nitrogens with two attached hydrogens (primary N) is 1. The molecule has 3 N–H and O–H groups in total. The van der Waals surface area contributed by atoms with Crippen molar-refractivity contribution in [2.45, 2.75) is 6.04 Å². The number of para-hydroxylation sites is 1. The van der Waals surface area contributed by atoms with Crippen LogP contribution in [0.25, 0.3) is 0 Å². The summed E-state index contributed by atoms with van der Waals surface area (Å²) in [6.45, 7) is 1.03. The molecule has 1 heterocycles. The van der Waals surface area contributed by atoms with Crippen molar-refractivity contribution in [3.8, 4) is 5.75 Å². The van der Waals surface area contributed by atoms with Gasteiger partial charge in [-0.05, 0) is 18.2 Å². The lowest BCUT2D eigenvalue weighted by atomic mass is 10.0. The summed E-state index contributed by atoms with van der Waals surface area (Å²) in [7, 11) is 1.64. The van der Waals surface area contributed by atoms with Crippen molar-refractivity contribution >= 4 is 0 Å². The third-order valence-corrected chi connectivity index (χ3v) is 2.77. The van der Waals surface area contributed by atoms with Crippen LogP contribution in [0, 0.1) is 0 Å². The predicted molar refractivity (Wildman–Crippen MR) is 71.7 cm³/mol. The molecule has 102 valence electrons. The number of benzene rings is 1. The SMILES string of the molecule is COCCOc1ccccc1C(NN)c1ccco1. The van der Waals surface area contributed by atoms with Crippen LogP contribution in [0.5, 0.6) is 5.75 Å². The van der Waals surface area contributed by atoms with E-state index in [4.69, 9.17) is 19.7 Å². The van der Waals surface area contributed by atoms with Gasteiger partial charge in [0, 0.05) is 12.7 Å². The molecule has 0 amide bonds. The van der Waals surface area contributed by atoms with Crippen molar-refractivity contribution < 1.29 is 13.9 Å². The van der Waals surface area contributed by atoms with Gasteiger partial charge in [0.2, 0.25) is 0 Å². The Balaban J connectivity index is 2.22. The monoisotopic (exact) mass is 262 g/mol. The number of ether oxygens (including phenoxy) is 2. The Hall–Kier alpha value is -1.82. The van der Waals surface area contributed by atoms with E-state index in [0.717, 1.165) is 17.1 Å². The molecule has 0 spiro atoms. The minimum absolute atomic E-state index is 0.242. The molecule has 1 aromatic carbocycles. The second kappa shape index (κ2) is 6.94. The van der Waals surface area contributed by atoms with E-state index in [1.165, 1.54) is 0 Å². The Morgan fingerprint density at radius 1 is 1.21 bits per heavy atom. The van der Waals surface area contributed by atoms with E-state index < -0.39 is 0 Å². The molecule has 0 saturated heterocycles. The molecule has 1 atom stereocenters. The third kappa shape index (κ3) is 3.35. The van der Waals surface area contributed by atoms with Gasteiger partial charge in [-0.2, -0.15) is 0 Å². The van der Waals surface area contributed by atoms with Crippen molar-refractivity contribution in [1.29, 1.82) is 0 Å². The standard InChI is InChI=1S/C14H18N2O3/c1-17-9-10-19-12-6-3-2-5-11(12)14(16-15)13-7-4-8-18-13/h2-8,14,16H,9-10,15H2,1H3. The van der Waals surface area contributed by atoms with Crippen molar-refractivity contribution in [3.05, 3.63) is 54.0 Å². The minimum atomic E-state index is -0.242. The molecule has 0 aliphatic carbocycles. The van der Waals surface area contributed by atoms with Gasteiger partial charge in [-0.3, -0.25) is 5.84 Å². The first-order valence-corrected chi connectivity index (χ1v) is 6.07. The Morgan fingerprint density at radius 2 is 2.05 bits per heavy atom. The van der Waals surface area contributed by atoms with Crippen LogP contribution in [-0.2, 0) is 4.74 Å². The molecule has 19 heavy (non-hydrogen) atoms. The highest BCUT2D eigenvalue weighted by molar-refractivity contribution is 5.39. The molecule has 0 fully saturated rings. The van der Waals surface area contributed by atoms with Crippen LogP contribution < -0.4 is 16.0 Å². The molecule has 2 rings (SSSR count). The summed E-state index contributed by atoms with van der Waals surface area (Å²) < 4.78 is 16.1. The van der Waals surface area contributed by atoms with E-state index in [0.29, 0.717) is 13.2 Å². The summed E-state index contributed by atoms with van der Waals surface area (Å²) in [4.78, 5) is 0. The highest BCUT2D eigenvalue weighted by Gasteiger charge is 2.19. The average molecular weight is 262 g/mol. The van der Waals surface area contributed by atoms with E-state index in [2.05, 4.69) is 5.43 Å². The molecular weight excluding hydrogens is 244 g/mol. The number of hydrogen-bond acceptors (Lipinski definition) is 5. The van der Waals surface area contributed by atoms with Crippen LogP contribution in [0.4, 0.5) is 0 Å². The number of hydrogen-bond donors (Lipinski definition) is 2. The first-order chi connectivity index (χ1) is 9.36. The maximum atomic E-state index is 5.70. The fourth-order valence-electron chi connectivity index (χ4n) is 1.87. The molecule has 0 aliphatic rings. The van der Waals surface area contributed by atoms with E-state index in [-0.39, 0.29) is 6.04 Å². The Kier molecular flexibility index (Phi) is 4.97. The topological polar surface area (TPSA) is 69.7 Å². The second-order valence-corrected chi connectivity index (χ2v) is 3.99. The number of nitrogens with one attached hydrogen (secondary N) is 1. The van der Waals surface area contributed by atoms with E-state index in [1.54, 1.807) is 13.4 Å². The zero-order valence-electron chi connectivity index (χ0n) is 10.8. The summed E-state index contributed by atoms with van der Waals surface area (Å²) >= 11 is 0. The van der Waals surface area contributed by atoms with Gasteiger partial charge in [-0.1, -0.05) is 18.2 Å². The van der Waals surface area contributed by atoms with Crippen molar-refractivity contribution in [2.24, 2.45) is 5.84 Å². The van der Waals surface area contributed by atoms with E-state index >= 15 is 0 Å². The lowest BCUT2D eigenvalue weighted by Gasteiger charge is -2.18. The maximum absolute atomic E-state index is 5.70. The summed E-state index contributed by atoms with van der Waals surface area (Å²) in [5.41, 5.74) is 3.67. The molecule has 1 aromatic heterocycles. The maximum Gasteiger partial charge on any atom is 0.126 e.